The average molecular weight is 483 g/mol. The van der Waals surface area contributed by atoms with Crippen molar-refractivity contribution in [1.29, 1.82) is 0 Å². The molecule has 0 aliphatic carbocycles. The Labute approximate surface area is 189 Å². The highest BCUT2D eigenvalue weighted by atomic mass is 32.2. The number of aromatic nitrogens is 1. The molecule has 2 aromatic rings. The van der Waals surface area contributed by atoms with E-state index in [1.165, 1.54) is 17.7 Å². The number of aliphatic hydroxyl groups is 1. The van der Waals surface area contributed by atoms with Gasteiger partial charge in [0.1, 0.15) is 6.04 Å². The topological polar surface area (TPSA) is 167 Å². The predicted octanol–water partition coefficient (Wildman–Crippen LogP) is -0.370. The van der Waals surface area contributed by atoms with Gasteiger partial charge in [-0.3, -0.25) is 14.6 Å². The van der Waals surface area contributed by atoms with Gasteiger partial charge in [-0.25, -0.2) is 19.2 Å². The summed E-state index contributed by atoms with van der Waals surface area (Å²) in [5, 5.41) is 12.9. The molecule has 1 saturated heterocycles. The Morgan fingerprint density at radius 3 is 2.88 bits per heavy atom. The minimum absolute atomic E-state index is 0.0343. The van der Waals surface area contributed by atoms with Gasteiger partial charge in [0, 0.05) is 19.5 Å². The normalized spacial score (nSPS) is 20.6. The Kier molecular flexibility index (Phi) is 7.90. The number of thiazole rings is 1. The number of hydrogen-bond acceptors (Lipinski definition) is 9. The first-order valence-electron chi connectivity index (χ1n) is 10.00. The summed E-state index contributed by atoms with van der Waals surface area (Å²) in [4.78, 5) is 34.6. The number of nitrogens with zero attached hydrogens (tertiary/aromatic N) is 3. The van der Waals surface area contributed by atoms with Crippen molar-refractivity contribution in [1.82, 2.24) is 20.0 Å². The number of nitrogens with one attached hydrogen (secondary N) is 2. The molecule has 2 heterocycles. The number of hydrogen-bond donors (Lipinski definition) is 4. The number of hydrazine groups is 1. The minimum Gasteiger partial charge on any atom is -0.392 e. The van der Waals surface area contributed by atoms with Crippen LogP contribution >= 0.6 is 11.3 Å². The lowest BCUT2D eigenvalue weighted by Gasteiger charge is -2.24. The number of β-amino-alcohol motifs (C(OH)–C–C–N with tert-alkyl or cyclic N) is 1. The van der Waals surface area contributed by atoms with Gasteiger partial charge < -0.3 is 15.8 Å². The average Bonchev–Trinajstić information content (AvgIpc) is 3.35. The number of rotatable bonds is 10. The molecule has 32 heavy (non-hydrogen) atoms. The van der Waals surface area contributed by atoms with Crippen LogP contribution in [0.2, 0.25) is 0 Å². The van der Waals surface area contributed by atoms with Gasteiger partial charge in [0.05, 0.1) is 35.0 Å². The molecule has 3 rings (SSSR count). The van der Waals surface area contributed by atoms with E-state index in [0.717, 1.165) is 15.3 Å². The number of aliphatic imine (C=N–C) groups is 1. The van der Waals surface area contributed by atoms with Crippen LogP contribution in [-0.2, 0) is 14.8 Å². The third kappa shape index (κ3) is 5.86. The van der Waals surface area contributed by atoms with Gasteiger partial charge in [-0.2, -0.15) is 4.31 Å². The zero-order chi connectivity index (χ0) is 23.3. The SMILES string of the molecule is CS(=O)(=O)N1C[C@H](O)C[C@H]1C(=O)NC(CCCN=CNN)C(=O)c1nc2ccccc2s1. The lowest BCUT2D eigenvalue weighted by molar-refractivity contribution is -0.124. The standard InChI is InChI=1S/C19H26N6O5S2/c1-32(29,30)25-10-12(26)9-15(25)18(28)23-14(6-4-8-21-11-22-20)17(27)19-24-13-5-2-3-7-16(13)31-19/h2-3,5,7,11-12,14-15,26H,4,6,8-10,20H2,1H3,(H,21,22)(H,23,28)/t12-,14?,15+/m1/s1. The lowest BCUT2D eigenvalue weighted by Crippen LogP contribution is -2.50. The second-order valence-electron chi connectivity index (χ2n) is 7.49. The van der Waals surface area contributed by atoms with Crippen LogP contribution in [0.5, 0.6) is 0 Å². The van der Waals surface area contributed by atoms with Gasteiger partial charge >= 0.3 is 0 Å². The highest BCUT2D eigenvalue weighted by Gasteiger charge is 2.42. The fourth-order valence-corrected chi connectivity index (χ4v) is 5.60. The van der Waals surface area contributed by atoms with Gasteiger partial charge in [-0.1, -0.05) is 12.1 Å². The van der Waals surface area contributed by atoms with Gasteiger partial charge in [0.15, 0.2) is 5.01 Å². The van der Waals surface area contributed by atoms with E-state index in [4.69, 9.17) is 5.84 Å². The molecule has 0 bridgehead atoms. The molecule has 11 nitrogen and oxygen atoms in total. The molecule has 174 valence electrons. The Hall–Kier alpha value is -2.45. The van der Waals surface area contributed by atoms with E-state index < -0.39 is 34.1 Å². The van der Waals surface area contributed by atoms with E-state index in [9.17, 15) is 23.1 Å². The Bertz CT molecular complexity index is 1070. The van der Waals surface area contributed by atoms with Crippen molar-refractivity contribution in [2.24, 2.45) is 10.8 Å². The zero-order valence-corrected chi connectivity index (χ0v) is 19.1. The molecule has 13 heteroatoms. The number of ketones is 1. The minimum atomic E-state index is -3.70. The van der Waals surface area contributed by atoms with E-state index in [1.54, 1.807) is 6.07 Å². The monoisotopic (exact) mass is 482 g/mol. The number of carbonyl (C=O) groups is 2. The summed E-state index contributed by atoms with van der Waals surface area (Å²) in [5.41, 5.74) is 2.98. The molecule has 3 atom stereocenters. The van der Waals surface area contributed by atoms with Crippen LogP contribution in [0, 0.1) is 0 Å². The molecule has 0 radical (unpaired) electrons. The Morgan fingerprint density at radius 2 is 2.19 bits per heavy atom. The highest BCUT2D eigenvalue weighted by Crippen LogP contribution is 2.24. The molecular weight excluding hydrogens is 456 g/mol. The molecule has 0 saturated carbocycles. The first-order valence-corrected chi connectivity index (χ1v) is 12.7. The van der Waals surface area contributed by atoms with E-state index in [2.05, 4.69) is 20.7 Å². The summed E-state index contributed by atoms with van der Waals surface area (Å²) in [5.74, 6) is 4.15. The number of Topliss-reactive ketones (excluding diaryl/α,β-unsaturated/α-hetero) is 1. The second kappa shape index (κ2) is 10.4. The predicted molar refractivity (Wildman–Crippen MR) is 122 cm³/mol. The molecule has 1 unspecified atom stereocenters. The number of para-hydroxylation sites is 1. The smallest absolute Gasteiger partial charge is 0.239 e. The maximum absolute atomic E-state index is 13.2. The van der Waals surface area contributed by atoms with E-state index in [0.29, 0.717) is 18.5 Å². The summed E-state index contributed by atoms with van der Waals surface area (Å²) in [6.45, 7) is 0.218. The number of fused-ring (bicyclic) bond motifs is 1. The molecule has 5 N–H and O–H groups in total. The fraction of sp³-hybridized carbons (Fsp3) is 0.474. The van der Waals surface area contributed by atoms with E-state index in [1.807, 2.05) is 18.2 Å². The Balaban J connectivity index is 1.79. The molecule has 1 aliphatic rings. The summed E-state index contributed by atoms with van der Waals surface area (Å²) >= 11 is 1.23. The molecule has 0 spiro atoms. The number of nitrogens with two attached hydrogens (primary N) is 1. The molecular formula is C19H26N6O5S2. The van der Waals surface area contributed by atoms with Crippen LogP contribution in [0.4, 0.5) is 0 Å². The Morgan fingerprint density at radius 1 is 1.44 bits per heavy atom. The van der Waals surface area contributed by atoms with Gasteiger partial charge in [0.25, 0.3) is 0 Å². The van der Waals surface area contributed by atoms with Crippen LogP contribution in [-0.4, -0.2) is 78.4 Å². The molecule has 1 aromatic heterocycles. The van der Waals surface area contributed by atoms with Crippen molar-refractivity contribution in [3.8, 4) is 0 Å². The summed E-state index contributed by atoms with van der Waals surface area (Å²) in [7, 11) is -3.70. The number of aliphatic hydroxyl groups excluding tert-OH is 1. The van der Waals surface area contributed by atoms with E-state index in [-0.39, 0.29) is 30.2 Å². The van der Waals surface area contributed by atoms with Crippen molar-refractivity contribution in [2.75, 3.05) is 19.3 Å². The summed E-state index contributed by atoms with van der Waals surface area (Å²) < 4.78 is 25.9. The van der Waals surface area contributed by atoms with Crippen molar-refractivity contribution in [3.05, 3.63) is 29.3 Å². The van der Waals surface area contributed by atoms with E-state index >= 15 is 0 Å². The van der Waals surface area contributed by atoms with Crippen LogP contribution in [0.15, 0.2) is 29.3 Å². The van der Waals surface area contributed by atoms with Crippen LogP contribution in [0.1, 0.15) is 29.1 Å². The molecule has 1 aliphatic heterocycles. The van der Waals surface area contributed by atoms with Gasteiger partial charge in [-0.05, 0) is 25.0 Å². The lowest BCUT2D eigenvalue weighted by atomic mass is 10.1. The van der Waals surface area contributed by atoms with Gasteiger partial charge in [0.2, 0.25) is 21.7 Å². The largest absolute Gasteiger partial charge is 0.392 e. The van der Waals surface area contributed by atoms with Crippen molar-refractivity contribution in [3.63, 3.8) is 0 Å². The molecule has 1 aromatic carbocycles. The third-order valence-electron chi connectivity index (χ3n) is 5.05. The van der Waals surface area contributed by atoms with Crippen LogP contribution in [0.3, 0.4) is 0 Å². The maximum atomic E-state index is 13.2. The van der Waals surface area contributed by atoms with Crippen molar-refractivity contribution in [2.45, 2.75) is 37.5 Å². The quantitative estimate of drug-likeness (QED) is 0.0888. The number of sulfonamides is 1. The van der Waals surface area contributed by atoms with Crippen molar-refractivity contribution < 1.29 is 23.1 Å². The second-order valence-corrected chi connectivity index (χ2v) is 10.5. The molecule has 1 amide bonds. The number of amides is 1. The van der Waals surface area contributed by atoms with Crippen LogP contribution < -0.4 is 16.6 Å². The number of benzene rings is 1. The zero-order valence-electron chi connectivity index (χ0n) is 17.5. The fourth-order valence-electron chi connectivity index (χ4n) is 3.56. The maximum Gasteiger partial charge on any atom is 0.239 e. The first kappa shape index (κ1) is 24.2. The summed E-state index contributed by atoms with van der Waals surface area (Å²) in [6.07, 6.45) is 2.08. The van der Waals surface area contributed by atoms with Crippen molar-refractivity contribution >= 4 is 49.6 Å². The first-order chi connectivity index (χ1) is 15.2. The summed E-state index contributed by atoms with van der Waals surface area (Å²) in [6, 6.07) is 5.34. The third-order valence-corrected chi connectivity index (χ3v) is 7.35. The molecule has 1 fully saturated rings. The highest BCUT2D eigenvalue weighted by molar-refractivity contribution is 7.88. The van der Waals surface area contributed by atoms with Gasteiger partial charge in [-0.15, -0.1) is 11.3 Å². The van der Waals surface area contributed by atoms with Crippen LogP contribution in [0.25, 0.3) is 10.2 Å². The number of carbonyl (C=O) groups excluding carboxylic acids is 2.